The van der Waals surface area contributed by atoms with E-state index >= 15 is 0 Å². The van der Waals surface area contributed by atoms with E-state index in [4.69, 9.17) is 0 Å². The number of amides is 1. The molecule has 7 heteroatoms. The fourth-order valence-corrected chi connectivity index (χ4v) is 2.76. The van der Waals surface area contributed by atoms with E-state index in [1.165, 1.54) is 12.5 Å². The number of nitrogens with one attached hydrogen (secondary N) is 2. The first kappa shape index (κ1) is 19.3. The number of hydrogen-bond acceptors (Lipinski definition) is 6. The summed E-state index contributed by atoms with van der Waals surface area (Å²) in [6.07, 6.45) is 1.67. The third-order valence-electron chi connectivity index (χ3n) is 4.12. The van der Waals surface area contributed by atoms with Crippen molar-refractivity contribution in [2.75, 3.05) is 15.5 Å². The third-order valence-corrected chi connectivity index (χ3v) is 4.12. The zero-order chi connectivity index (χ0) is 19.9. The molecule has 0 radical (unpaired) electrons. The fourth-order valence-electron chi connectivity index (χ4n) is 2.76. The standard InChI is InChI=1S/C21H24N6O/c1-15(2)27(14-17-7-5-4-6-8-17)20-13-22-26-21(25-20)24-19-11-9-18(10-12-19)23-16(3)28/h4-13,15H,14H2,1-3H3,(H,23,28)(H,24,25,26). The maximum atomic E-state index is 11.1. The molecular weight excluding hydrogens is 352 g/mol. The Morgan fingerprint density at radius 2 is 1.71 bits per heavy atom. The Hall–Kier alpha value is -3.48. The van der Waals surface area contributed by atoms with Gasteiger partial charge in [0.1, 0.15) is 0 Å². The van der Waals surface area contributed by atoms with Gasteiger partial charge in [0, 0.05) is 30.9 Å². The summed E-state index contributed by atoms with van der Waals surface area (Å²) in [5.41, 5.74) is 2.75. The second-order valence-electron chi connectivity index (χ2n) is 6.73. The highest BCUT2D eigenvalue weighted by molar-refractivity contribution is 5.88. The van der Waals surface area contributed by atoms with Crippen LogP contribution in [0.4, 0.5) is 23.1 Å². The highest BCUT2D eigenvalue weighted by Gasteiger charge is 2.14. The van der Waals surface area contributed by atoms with Gasteiger partial charge in [-0.15, -0.1) is 5.10 Å². The average molecular weight is 376 g/mol. The Morgan fingerprint density at radius 3 is 2.36 bits per heavy atom. The predicted molar refractivity (Wildman–Crippen MR) is 112 cm³/mol. The van der Waals surface area contributed by atoms with Gasteiger partial charge in [0.05, 0.1) is 6.20 Å². The van der Waals surface area contributed by atoms with Crippen molar-refractivity contribution in [3.8, 4) is 0 Å². The van der Waals surface area contributed by atoms with E-state index in [9.17, 15) is 4.79 Å². The van der Waals surface area contributed by atoms with E-state index in [1.54, 1.807) is 6.20 Å². The molecule has 0 aliphatic carbocycles. The minimum atomic E-state index is -0.104. The molecule has 7 nitrogen and oxygen atoms in total. The Balaban J connectivity index is 1.75. The third kappa shape index (κ3) is 5.26. The van der Waals surface area contributed by atoms with E-state index in [0.717, 1.165) is 23.7 Å². The Labute approximate surface area is 164 Å². The molecule has 0 saturated heterocycles. The van der Waals surface area contributed by atoms with Crippen molar-refractivity contribution < 1.29 is 4.79 Å². The average Bonchev–Trinajstić information content (AvgIpc) is 2.68. The van der Waals surface area contributed by atoms with E-state index in [2.05, 4.69) is 56.7 Å². The second kappa shape index (κ2) is 8.94. The Bertz CT molecular complexity index is 912. The van der Waals surface area contributed by atoms with Crippen molar-refractivity contribution in [3.05, 3.63) is 66.4 Å². The lowest BCUT2D eigenvalue weighted by molar-refractivity contribution is -0.114. The van der Waals surface area contributed by atoms with E-state index in [-0.39, 0.29) is 11.9 Å². The summed E-state index contributed by atoms with van der Waals surface area (Å²) >= 11 is 0. The maximum Gasteiger partial charge on any atom is 0.249 e. The van der Waals surface area contributed by atoms with Crippen LogP contribution in [0.5, 0.6) is 0 Å². The SMILES string of the molecule is CC(=O)Nc1ccc(Nc2nncc(N(Cc3ccccc3)C(C)C)n2)cc1. The minimum absolute atomic E-state index is 0.104. The van der Waals surface area contributed by atoms with Gasteiger partial charge in [-0.25, -0.2) is 0 Å². The van der Waals surface area contributed by atoms with Crippen molar-refractivity contribution in [2.45, 2.75) is 33.4 Å². The lowest BCUT2D eigenvalue weighted by atomic mass is 10.2. The first-order valence-electron chi connectivity index (χ1n) is 9.16. The molecule has 28 heavy (non-hydrogen) atoms. The fraction of sp³-hybridized carbons (Fsp3) is 0.238. The second-order valence-corrected chi connectivity index (χ2v) is 6.73. The van der Waals surface area contributed by atoms with E-state index < -0.39 is 0 Å². The van der Waals surface area contributed by atoms with Gasteiger partial charge in [0.25, 0.3) is 0 Å². The first-order chi connectivity index (χ1) is 13.5. The Kier molecular flexibility index (Phi) is 6.16. The molecule has 0 aliphatic heterocycles. The molecule has 0 aliphatic rings. The molecule has 0 saturated carbocycles. The summed E-state index contributed by atoms with van der Waals surface area (Å²) in [6.45, 7) is 6.47. The summed E-state index contributed by atoms with van der Waals surface area (Å²) in [4.78, 5) is 17.9. The highest BCUT2D eigenvalue weighted by Crippen LogP contribution is 2.20. The van der Waals surface area contributed by atoms with Crippen LogP contribution >= 0.6 is 0 Å². The van der Waals surface area contributed by atoms with Gasteiger partial charge >= 0.3 is 0 Å². The quantitative estimate of drug-likeness (QED) is 0.649. The predicted octanol–water partition coefficient (Wildman–Crippen LogP) is 3.99. The molecule has 3 aromatic rings. The van der Waals surface area contributed by atoms with Gasteiger partial charge in [-0.2, -0.15) is 10.1 Å². The van der Waals surface area contributed by atoms with Crippen LogP contribution < -0.4 is 15.5 Å². The van der Waals surface area contributed by atoms with Gasteiger partial charge in [-0.05, 0) is 43.7 Å². The molecule has 1 heterocycles. The molecule has 0 spiro atoms. The van der Waals surface area contributed by atoms with Crippen molar-refractivity contribution >= 4 is 29.0 Å². The lowest BCUT2D eigenvalue weighted by Crippen LogP contribution is -2.31. The van der Waals surface area contributed by atoms with Gasteiger partial charge in [0.15, 0.2) is 5.82 Å². The smallest absolute Gasteiger partial charge is 0.249 e. The lowest BCUT2D eigenvalue weighted by Gasteiger charge is -2.27. The van der Waals surface area contributed by atoms with Crippen LogP contribution in [0, 0.1) is 0 Å². The summed E-state index contributed by atoms with van der Waals surface area (Å²) in [5, 5.41) is 14.1. The zero-order valence-electron chi connectivity index (χ0n) is 16.3. The van der Waals surface area contributed by atoms with Gasteiger partial charge in [0.2, 0.25) is 11.9 Å². The molecule has 1 amide bonds. The molecule has 2 aromatic carbocycles. The van der Waals surface area contributed by atoms with E-state index in [0.29, 0.717) is 5.95 Å². The van der Waals surface area contributed by atoms with Crippen LogP contribution in [-0.2, 0) is 11.3 Å². The Morgan fingerprint density at radius 1 is 1.04 bits per heavy atom. The van der Waals surface area contributed by atoms with Crippen LogP contribution in [0.3, 0.4) is 0 Å². The van der Waals surface area contributed by atoms with Crippen LogP contribution in [0.1, 0.15) is 26.3 Å². The van der Waals surface area contributed by atoms with Gasteiger partial charge in [-0.1, -0.05) is 30.3 Å². The maximum absolute atomic E-state index is 11.1. The number of benzene rings is 2. The van der Waals surface area contributed by atoms with Crippen molar-refractivity contribution in [2.24, 2.45) is 0 Å². The van der Waals surface area contributed by atoms with Gasteiger partial charge in [-0.3, -0.25) is 4.79 Å². The van der Waals surface area contributed by atoms with Crippen LogP contribution in [0.25, 0.3) is 0 Å². The summed E-state index contributed by atoms with van der Waals surface area (Å²) < 4.78 is 0. The minimum Gasteiger partial charge on any atom is -0.348 e. The number of carbonyl (C=O) groups excluding carboxylic acids is 1. The number of aromatic nitrogens is 3. The molecule has 0 atom stereocenters. The number of hydrogen-bond donors (Lipinski definition) is 2. The first-order valence-corrected chi connectivity index (χ1v) is 9.16. The molecule has 0 unspecified atom stereocenters. The number of carbonyl (C=O) groups is 1. The van der Waals surface area contributed by atoms with Gasteiger partial charge < -0.3 is 15.5 Å². The highest BCUT2D eigenvalue weighted by atomic mass is 16.1. The summed E-state index contributed by atoms with van der Waals surface area (Å²) in [5.74, 6) is 1.07. The molecule has 144 valence electrons. The van der Waals surface area contributed by atoms with Crippen molar-refractivity contribution in [1.82, 2.24) is 15.2 Å². The topological polar surface area (TPSA) is 83.0 Å². The number of nitrogens with zero attached hydrogens (tertiary/aromatic N) is 4. The monoisotopic (exact) mass is 376 g/mol. The van der Waals surface area contributed by atoms with Crippen LogP contribution in [-0.4, -0.2) is 27.1 Å². The molecular formula is C21H24N6O. The van der Waals surface area contributed by atoms with Crippen LogP contribution in [0.15, 0.2) is 60.8 Å². The van der Waals surface area contributed by atoms with Crippen LogP contribution in [0.2, 0.25) is 0 Å². The number of rotatable bonds is 7. The molecule has 0 bridgehead atoms. The molecule has 0 fully saturated rings. The molecule has 3 rings (SSSR count). The zero-order valence-corrected chi connectivity index (χ0v) is 16.3. The number of anilines is 4. The largest absolute Gasteiger partial charge is 0.348 e. The summed E-state index contributed by atoms with van der Waals surface area (Å²) in [6, 6.07) is 17.9. The van der Waals surface area contributed by atoms with Crippen molar-refractivity contribution in [3.63, 3.8) is 0 Å². The van der Waals surface area contributed by atoms with Crippen molar-refractivity contribution in [1.29, 1.82) is 0 Å². The van der Waals surface area contributed by atoms with E-state index in [1.807, 2.05) is 42.5 Å². The molecule has 1 aromatic heterocycles. The normalized spacial score (nSPS) is 10.6. The molecule has 2 N–H and O–H groups in total. The summed E-state index contributed by atoms with van der Waals surface area (Å²) in [7, 11) is 0.